The molecule has 0 atom stereocenters. The Morgan fingerprint density at radius 1 is 1.14 bits per heavy atom. The molecule has 0 bridgehead atoms. The molecular weight excluding hydrogens is 276 g/mol. The van der Waals surface area contributed by atoms with Crippen LogP contribution in [0.4, 0.5) is 0 Å². The molecular formula is C17H20N4O. The lowest BCUT2D eigenvalue weighted by Gasteiger charge is -2.60. The number of carbonyl (C=O) groups excluding carboxylic acids is 1. The monoisotopic (exact) mass is 296 g/mol. The van der Waals surface area contributed by atoms with Crippen LogP contribution in [0.3, 0.4) is 0 Å². The Balaban J connectivity index is 1.24. The minimum Gasteiger partial charge on any atom is -0.341 e. The van der Waals surface area contributed by atoms with Crippen molar-refractivity contribution < 1.29 is 4.79 Å². The minimum atomic E-state index is 0.216. The average Bonchev–Trinajstić information content (AvgIpc) is 2.93. The highest BCUT2D eigenvalue weighted by molar-refractivity contribution is 5.79. The molecule has 1 aromatic heterocycles. The van der Waals surface area contributed by atoms with E-state index in [9.17, 15) is 4.79 Å². The second-order valence-corrected chi connectivity index (χ2v) is 6.66. The Bertz CT molecular complexity index is 639. The summed E-state index contributed by atoms with van der Waals surface area (Å²) in [5.41, 5.74) is 2.69. The topological polar surface area (TPSA) is 52.2 Å². The summed E-state index contributed by atoms with van der Waals surface area (Å²) >= 11 is 0. The van der Waals surface area contributed by atoms with E-state index in [0.717, 1.165) is 38.3 Å². The maximum absolute atomic E-state index is 12.2. The van der Waals surface area contributed by atoms with Crippen LogP contribution in [0.15, 0.2) is 42.7 Å². The number of aromatic nitrogens is 2. The Kier molecular flexibility index (Phi) is 3.22. The van der Waals surface area contributed by atoms with Gasteiger partial charge in [0, 0.05) is 44.3 Å². The fourth-order valence-corrected chi connectivity index (χ4v) is 3.66. The molecule has 2 aliphatic rings. The van der Waals surface area contributed by atoms with Crippen LogP contribution in [0.5, 0.6) is 0 Å². The van der Waals surface area contributed by atoms with E-state index in [0.29, 0.717) is 11.8 Å². The predicted molar refractivity (Wildman–Crippen MR) is 83.0 cm³/mol. The lowest BCUT2D eigenvalue weighted by atomic mass is 9.72. The van der Waals surface area contributed by atoms with E-state index in [1.54, 1.807) is 12.4 Å². The molecule has 0 saturated carbocycles. The van der Waals surface area contributed by atoms with Gasteiger partial charge in [-0.25, -0.2) is 0 Å². The highest BCUT2D eigenvalue weighted by Crippen LogP contribution is 2.40. The van der Waals surface area contributed by atoms with Gasteiger partial charge in [-0.3, -0.25) is 14.8 Å². The van der Waals surface area contributed by atoms with Crippen molar-refractivity contribution in [2.24, 2.45) is 5.41 Å². The molecule has 0 unspecified atom stereocenters. The molecule has 22 heavy (non-hydrogen) atoms. The van der Waals surface area contributed by atoms with Crippen molar-refractivity contribution in [1.82, 2.24) is 20.0 Å². The van der Waals surface area contributed by atoms with Crippen LogP contribution < -0.4 is 0 Å². The van der Waals surface area contributed by atoms with Gasteiger partial charge < -0.3 is 4.90 Å². The first-order chi connectivity index (χ1) is 10.7. The zero-order chi connectivity index (χ0) is 15.0. The lowest BCUT2D eigenvalue weighted by molar-refractivity contribution is -0.159. The Morgan fingerprint density at radius 2 is 1.91 bits per heavy atom. The summed E-state index contributed by atoms with van der Waals surface area (Å²) in [6.45, 7) is 5.06. The second-order valence-electron chi connectivity index (χ2n) is 6.66. The molecule has 1 aromatic carbocycles. The van der Waals surface area contributed by atoms with Crippen molar-refractivity contribution >= 4 is 5.91 Å². The molecule has 2 saturated heterocycles. The number of benzene rings is 1. The third-order valence-corrected chi connectivity index (χ3v) is 4.68. The summed E-state index contributed by atoms with van der Waals surface area (Å²) in [6.07, 6.45) is 3.97. The summed E-state index contributed by atoms with van der Waals surface area (Å²) in [5, 5.41) is 6.63. The van der Waals surface area contributed by atoms with E-state index in [2.05, 4.69) is 45.4 Å². The van der Waals surface area contributed by atoms with Gasteiger partial charge in [-0.1, -0.05) is 30.3 Å². The molecule has 1 amide bonds. The van der Waals surface area contributed by atoms with E-state index < -0.39 is 0 Å². The van der Waals surface area contributed by atoms with Crippen LogP contribution in [0.2, 0.25) is 0 Å². The fraction of sp³-hybridized carbons (Fsp3) is 0.412. The highest BCUT2D eigenvalue weighted by atomic mass is 16.2. The lowest BCUT2D eigenvalue weighted by Crippen LogP contribution is -2.72. The Morgan fingerprint density at radius 3 is 2.59 bits per heavy atom. The number of amides is 1. The van der Waals surface area contributed by atoms with E-state index in [1.807, 2.05) is 4.90 Å². The number of rotatable bonds is 4. The molecule has 2 aliphatic heterocycles. The molecule has 2 fully saturated rings. The van der Waals surface area contributed by atoms with Crippen LogP contribution >= 0.6 is 0 Å². The number of carbonyl (C=O) groups is 1. The van der Waals surface area contributed by atoms with Gasteiger partial charge in [-0.05, 0) is 11.1 Å². The molecule has 5 heteroatoms. The summed E-state index contributed by atoms with van der Waals surface area (Å²) < 4.78 is 0. The number of aromatic amines is 1. The predicted octanol–water partition coefficient (Wildman–Crippen LogP) is 1.30. The Hall–Kier alpha value is -2.14. The fourth-order valence-electron chi connectivity index (χ4n) is 3.66. The van der Waals surface area contributed by atoms with Crippen LogP contribution in [0, 0.1) is 5.41 Å². The molecule has 5 nitrogen and oxygen atoms in total. The number of hydrogen-bond donors (Lipinski definition) is 1. The van der Waals surface area contributed by atoms with Crippen molar-refractivity contribution in [2.75, 3.05) is 26.2 Å². The molecule has 1 spiro atoms. The zero-order valence-corrected chi connectivity index (χ0v) is 12.5. The largest absolute Gasteiger partial charge is 0.341 e. The maximum atomic E-state index is 12.2. The summed E-state index contributed by atoms with van der Waals surface area (Å²) in [7, 11) is 0. The standard InChI is InChI=1S/C17H20N4O/c22-16(6-15-7-18-19-8-15)21-12-17(13-21)10-20(11-17)9-14-4-2-1-3-5-14/h1-5,7-8H,6,9-13H2,(H,18,19). The minimum absolute atomic E-state index is 0.216. The van der Waals surface area contributed by atoms with Gasteiger partial charge in [0.1, 0.15) is 0 Å². The number of H-pyrrole nitrogens is 1. The van der Waals surface area contributed by atoms with Crippen LogP contribution in [0.25, 0.3) is 0 Å². The third kappa shape index (κ3) is 2.52. The number of hydrogen-bond acceptors (Lipinski definition) is 3. The molecule has 0 radical (unpaired) electrons. The van der Waals surface area contributed by atoms with E-state index in [4.69, 9.17) is 0 Å². The molecule has 0 aliphatic carbocycles. The Labute approximate surface area is 129 Å². The SMILES string of the molecule is O=C(Cc1cn[nH]c1)N1CC2(CN(Cc3ccccc3)C2)C1. The average molecular weight is 296 g/mol. The molecule has 3 heterocycles. The van der Waals surface area contributed by atoms with Gasteiger partial charge in [0.2, 0.25) is 5.91 Å². The number of nitrogens with zero attached hydrogens (tertiary/aromatic N) is 3. The van der Waals surface area contributed by atoms with Gasteiger partial charge >= 0.3 is 0 Å². The van der Waals surface area contributed by atoms with Gasteiger partial charge in [0.25, 0.3) is 0 Å². The van der Waals surface area contributed by atoms with Crippen molar-refractivity contribution in [3.8, 4) is 0 Å². The first kappa shape index (κ1) is 13.5. The summed E-state index contributed by atoms with van der Waals surface area (Å²) in [4.78, 5) is 16.6. The van der Waals surface area contributed by atoms with Gasteiger partial charge in [0.15, 0.2) is 0 Å². The van der Waals surface area contributed by atoms with Crippen molar-refractivity contribution in [3.63, 3.8) is 0 Å². The molecule has 1 N–H and O–H groups in total. The van der Waals surface area contributed by atoms with E-state index in [-0.39, 0.29) is 5.91 Å². The van der Waals surface area contributed by atoms with Crippen molar-refractivity contribution in [2.45, 2.75) is 13.0 Å². The first-order valence-corrected chi connectivity index (χ1v) is 7.74. The van der Waals surface area contributed by atoms with E-state index >= 15 is 0 Å². The number of likely N-dealkylation sites (tertiary alicyclic amines) is 2. The van der Waals surface area contributed by atoms with Gasteiger partial charge in [0.05, 0.1) is 12.6 Å². The zero-order valence-electron chi connectivity index (χ0n) is 12.5. The maximum Gasteiger partial charge on any atom is 0.227 e. The normalized spacial score (nSPS) is 19.7. The number of nitrogens with one attached hydrogen (secondary N) is 1. The summed E-state index contributed by atoms with van der Waals surface area (Å²) in [5.74, 6) is 0.216. The summed E-state index contributed by atoms with van der Waals surface area (Å²) in [6, 6.07) is 10.6. The van der Waals surface area contributed by atoms with Crippen molar-refractivity contribution in [3.05, 3.63) is 53.9 Å². The van der Waals surface area contributed by atoms with Crippen LogP contribution in [0.1, 0.15) is 11.1 Å². The quantitative estimate of drug-likeness (QED) is 0.925. The van der Waals surface area contributed by atoms with Crippen LogP contribution in [-0.2, 0) is 17.8 Å². The molecule has 4 rings (SSSR count). The molecule has 114 valence electrons. The third-order valence-electron chi connectivity index (χ3n) is 4.68. The smallest absolute Gasteiger partial charge is 0.227 e. The second kappa shape index (κ2) is 5.25. The van der Waals surface area contributed by atoms with Gasteiger partial charge in [-0.2, -0.15) is 5.10 Å². The first-order valence-electron chi connectivity index (χ1n) is 7.74. The van der Waals surface area contributed by atoms with E-state index in [1.165, 1.54) is 5.56 Å². The van der Waals surface area contributed by atoms with Crippen molar-refractivity contribution in [1.29, 1.82) is 0 Å². The highest BCUT2D eigenvalue weighted by Gasteiger charge is 2.52. The van der Waals surface area contributed by atoms with Gasteiger partial charge in [-0.15, -0.1) is 0 Å². The van der Waals surface area contributed by atoms with Crippen LogP contribution in [-0.4, -0.2) is 52.1 Å². The molecule has 2 aromatic rings.